The fourth-order valence-electron chi connectivity index (χ4n) is 3.07. The molecule has 0 radical (unpaired) electrons. The lowest BCUT2D eigenvalue weighted by Gasteiger charge is -2.19. The summed E-state index contributed by atoms with van der Waals surface area (Å²) in [5.41, 5.74) is 4.22. The van der Waals surface area contributed by atoms with Crippen LogP contribution in [0.2, 0.25) is 5.02 Å². The van der Waals surface area contributed by atoms with E-state index in [1.807, 2.05) is 42.6 Å². The topological polar surface area (TPSA) is 51.2 Å². The van der Waals surface area contributed by atoms with Gasteiger partial charge >= 0.3 is 0 Å². The van der Waals surface area contributed by atoms with Gasteiger partial charge in [-0.2, -0.15) is 0 Å². The van der Waals surface area contributed by atoms with Gasteiger partial charge in [-0.25, -0.2) is 4.98 Å². The third-order valence-corrected chi connectivity index (χ3v) is 5.98. The van der Waals surface area contributed by atoms with Crippen molar-refractivity contribution in [2.45, 2.75) is 46.1 Å². The quantitative estimate of drug-likeness (QED) is 0.464. The first-order valence-corrected chi connectivity index (χ1v) is 11.3. The number of nitrogens with one attached hydrogen (secondary N) is 1. The SMILES string of the molecule is Cc1ccc(C(C)C)c(O[C@H](C)C(=O)NCCc2csc(-c3ccc(Cl)cc3)n2)c1. The van der Waals surface area contributed by atoms with Crippen molar-refractivity contribution in [3.05, 3.63) is 69.7 Å². The number of thiazole rings is 1. The monoisotopic (exact) mass is 442 g/mol. The van der Waals surface area contributed by atoms with Crippen LogP contribution in [0.3, 0.4) is 0 Å². The van der Waals surface area contributed by atoms with E-state index in [-0.39, 0.29) is 5.91 Å². The van der Waals surface area contributed by atoms with E-state index in [1.54, 1.807) is 18.3 Å². The summed E-state index contributed by atoms with van der Waals surface area (Å²) in [7, 11) is 0. The van der Waals surface area contributed by atoms with E-state index < -0.39 is 6.10 Å². The first-order valence-electron chi connectivity index (χ1n) is 10.1. The molecule has 3 rings (SSSR count). The van der Waals surface area contributed by atoms with E-state index in [4.69, 9.17) is 16.3 Å². The first-order chi connectivity index (χ1) is 14.3. The Morgan fingerprint density at radius 1 is 1.17 bits per heavy atom. The van der Waals surface area contributed by atoms with Crippen LogP contribution in [0.15, 0.2) is 47.8 Å². The highest BCUT2D eigenvalue weighted by atomic mass is 35.5. The average Bonchev–Trinajstić information content (AvgIpc) is 3.17. The second-order valence-corrected chi connectivity index (χ2v) is 8.94. The second-order valence-electron chi connectivity index (χ2n) is 7.65. The van der Waals surface area contributed by atoms with Gasteiger partial charge in [-0.1, -0.05) is 49.7 Å². The molecule has 0 bridgehead atoms. The number of carbonyl (C=O) groups is 1. The van der Waals surface area contributed by atoms with Crippen molar-refractivity contribution < 1.29 is 9.53 Å². The first kappa shape index (κ1) is 22.3. The summed E-state index contributed by atoms with van der Waals surface area (Å²) < 4.78 is 5.99. The van der Waals surface area contributed by atoms with Crippen LogP contribution in [0.1, 0.15) is 43.5 Å². The van der Waals surface area contributed by atoms with Gasteiger partial charge in [-0.05, 0) is 49.1 Å². The molecule has 1 heterocycles. The van der Waals surface area contributed by atoms with Crippen molar-refractivity contribution in [1.29, 1.82) is 0 Å². The van der Waals surface area contributed by atoms with Gasteiger partial charge in [0.1, 0.15) is 10.8 Å². The molecule has 6 heteroatoms. The Kier molecular flexibility index (Phi) is 7.51. The summed E-state index contributed by atoms with van der Waals surface area (Å²) >= 11 is 7.53. The largest absolute Gasteiger partial charge is 0.481 e. The summed E-state index contributed by atoms with van der Waals surface area (Å²) in [4.78, 5) is 17.1. The number of aromatic nitrogens is 1. The standard InChI is InChI=1S/C24H27ClN2O2S/c1-15(2)21-10-5-16(3)13-22(21)29-17(4)23(28)26-12-11-20-14-30-24(27-20)18-6-8-19(25)9-7-18/h5-10,13-15,17H,11-12H2,1-4H3,(H,26,28)/t17-/m1/s1. The number of amides is 1. The third kappa shape index (κ3) is 5.83. The molecular weight excluding hydrogens is 416 g/mol. The number of carbonyl (C=O) groups excluding carboxylic acids is 1. The molecule has 1 aromatic heterocycles. The Bertz CT molecular complexity index is 999. The van der Waals surface area contributed by atoms with Gasteiger partial charge in [0.2, 0.25) is 0 Å². The molecule has 30 heavy (non-hydrogen) atoms. The zero-order chi connectivity index (χ0) is 21.7. The fourth-order valence-corrected chi connectivity index (χ4v) is 4.06. The lowest BCUT2D eigenvalue weighted by Crippen LogP contribution is -2.37. The minimum Gasteiger partial charge on any atom is -0.481 e. The Hall–Kier alpha value is -2.37. The normalized spacial score (nSPS) is 12.1. The van der Waals surface area contributed by atoms with Crippen molar-refractivity contribution >= 4 is 28.8 Å². The minimum absolute atomic E-state index is 0.126. The predicted molar refractivity (Wildman–Crippen MR) is 125 cm³/mol. The maximum atomic E-state index is 12.5. The third-order valence-electron chi connectivity index (χ3n) is 4.79. The molecule has 0 aliphatic heterocycles. The number of hydrogen-bond acceptors (Lipinski definition) is 4. The Balaban J connectivity index is 1.52. The molecule has 4 nitrogen and oxygen atoms in total. The highest BCUT2D eigenvalue weighted by Crippen LogP contribution is 2.28. The number of ether oxygens (including phenoxy) is 1. The number of benzene rings is 2. The second kappa shape index (κ2) is 10.1. The average molecular weight is 443 g/mol. The van der Waals surface area contributed by atoms with Crippen LogP contribution in [-0.4, -0.2) is 23.5 Å². The van der Waals surface area contributed by atoms with Gasteiger partial charge in [0.05, 0.1) is 5.69 Å². The molecule has 0 saturated carbocycles. The van der Waals surface area contributed by atoms with E-state index in [0.717, 1.165) is 33.1 Å². The molecule has 0 saturated heterocycles. The summed E-state index contributed by atoms with van der Waals surface area (Å²) in [6.45, 7) is 8.56. The Morgan fingerprint density at radius 2 is 1.90 bits per heavy atom. The predicted octanol–water partition coefficient (Wildman–Crippen LogP) is 6.02. The number of hydrogen-bond donors (Lipinski definition) is 1. The van der Waals surface area contributed by atoms with Gasteiger partial charge in [-0.15, -0.1) is 11.3 Å². The molecule has 0 aliphatic carbocycles. The molecule has 3 aromatic rings. The smallest absolute Gasteiger partial charge is 0.260 e. The lowest BCUT2D eigenvalue weighted by atomic mass is 10.0. The molecule has 1 atom stereocenters. The van der Waals surface area contributed by atoms with E-state index >= 15 is 0 Å². The molecule has 1 N–H and O–H groups in total. The summed E-state index contributed by atoms with van der Waals surface area (Å²) in [5, 5.41) is 6.64. The summed E-state index contributed by atoms with van der Waals surface area (Å²) in [5.74, 6) is 0.981. The number of halogens is 1. The molecule has 0 fully saturated rings. The van der Waals surface area contributed by atoms with Crippen LogP contribution in [0.25, 0.3) is 10.6 Å². The Labute approximate surface area is 187 Å². The molecule has 158 valence electrons. The molecule has 2 aromatic carbocycles. The maximum Gasteiger partial charge on any atom is 0.260 e. The van der Waals surface area contributed by atoms with Gasteiger partial charge in [0.15, 0.2) is 6.10 Å². The fraction of sp³-hybridized carbons (Fsp3) is 0.333. The minimum atomic E-state index is -0.565. The Morgan fingerprint density at radius 3 is 2.60 bits per heavy atom. The molecule has 0 unspecified atom stereocenters. The van der Waals surface area contributed by atoms with Crippen molar-refractivity contribution in [3.8, 4) is 16.3 Å². The van der Waals surface area contributed by atoms with Crippen molar-refractivity contribution in [3.63, 3.8) is 0 Å². The summed E-state index contributed by atoms with van der Waals surface area (Å²) in [6, 6.07) is 13.8. The van der Waals surface area contributed by atoms with Gasteiger partial charge in [0, 0.05) is 28.9 Å². The van der Waals surface area contributed by atoms with Crippen molar-refractivity contribution in [2.75, 3.05) is 6.54 Å². The highest BCUT2D eigenvalue weighted by Gasteiger charge is 2.17. The molecule has 0 aliphatic rings. The van der Waals surface area contributed by atoms with Crippen LogP contribution in [-0.2, 0) is 11.2 Å². The highest BCUT2D eigenvalue weighted by molar-refractivity contribution is 7.13. The van der Waals surface area contributed by atoms with E-state index in [2.05, 4.69) is 36.3 Å². The van der Waals surface area contributed by atoms with E-state index in [0.29, 0.717) is 23.9 Å². The van der Waals surface area contributed by atoms with Crippen molar-refractivity contribution in [1.82, 2.24) is 10.3 Å². The van der Waals surface area contributed by atoms with Gasteiger partial charge < -0.3 is 10.1 Å². The van der Waals surface area contributed by atoms with Crippen LogP contribution >= 0.6 is 22.9 Å². The van der Waals surface area contributed by atoms with Crippen LogP contribution in [0.4, 0.5) is 0 Å². The van der Waals surface area contributed by atoms with E-state index in [1.165, 1.54) is 0 Å². The van der Waals surface area contributed by atoms with E-state index in [9.17, 15) is 4.79 Å². The van der Waals surface area contributed by atoms with Crippen LogP contribution in [0, 0.1) is 6.92 Å². The number of aryl methyl sites for hydroxylation is 1. The zero-order valence-corrected chi connectivity index (χ0v) is 19.3. The molecular formula is C24H27ClN2O2S. The zero-order valence-electron chi connectivity index (χ0n) is 17.7. The summed E-state index contributed by atoms with van der Waals surface area (Å²) in [6.07, 6.45) is 0.105. The molecule has 0 spiro atoms. The maximum absolute atomic E-state index is 12.5. The molecule has 1 amide bonds. The van der Waals surface area contributed by atoms with Gasteiger partial charge in [0.25, 0.3) is 5.91 Å². The van der Waals surface area contributed by atoms with Crippen LogP contribution in [0.5, 0.6) is 5.75 Å². The van der Waals surface area contributed by atoms with Crippen LogP contribution < -0.4 is 10.1 Å². The van der Waals surface area contributed by atoms with Gasteiger partial charge in [-0.3, -0.25) is 4.79 Å². The number of rotatable bonds is 8. The lowest BCUT2D eigenvalue weighted by molar-refractivity contribution is -0.127. The van der Waals surface area contributed by atoms with Crippen molar-refractivity contribution in [2.24, 2.45) is 0 Å². The number of nitrogens with zero attached hydrogens (tertiary/aromatic N) is 1.